The van der Waals surface area contributed by atoms with Crippen molar-refractivity contribution in [1.29, 1.82) is 0 Å². The van der Waals surface area contributed by atoms with Gasteiger partial charge in [-0.1, -0.05) is 48.5 Å². The second-order valence-electron chi connectivity index (χ2n) is 7.18. The van der Waals surface area contributed by atoms with Gasteiger partial charge in [-0.15, -0.1) is 11.3 Å². The highest BCUT2D eigenvalue weighted by Crippen LogP contribution is 2.43. The number of benzene rings is 2. The van der Waals surface area contributed by atoms with E-state index in [1.54, 1.807) is 11.3 Å². The molecule has 2 aromatic carbocycles. The molecule has 3 nitrogen and oxygen atoms in total. The zero-order valence-electron chi connectivity index (χ0n) is 15.4. The largest absolute Gasteiger partial charge is 0.371 e. The Hall–Kier alpha value is -2.33. The van der Waals surface area contributed by atoms with E-state index in [1.807, 2.05) is 0 Å². The highest BCUT2D eigenvalue weighted by atomic mass is 32.1. The van der Waals surface area contributed by atoms with E-state index in [9.17, 15) is 0 Å². The van der Waals surface area contributed by atoms with Crippen LogP contribution in [0.4, 0.5) is 10.8 Å². The van der Waals surface area contributed by atoms with E-state index in [-0.39, 0.29) is 5.41 Å². The van der Waals surface area contributed by atoms with Crippen molar-refractivity contribution < 1.29 is 0 Å². The smallest absolute Gasteiger partial charge is 0.185 e. The van der Waals surface area contributed by atoms with Crippen LogP contribution in [-0.2, 0) is 5.41 Å². The van der Waals surface area contributed by atoms with E-state index >= 15 is 0 Å². The van der Waals surface area contributed by atoms with Gasteiger partial charge >= 0.3 is 0 Å². The van der Waals surface area contributed by atoms with Crippen LogP contribution >= 0.6 is 11.3 Å². The first-order chi connectivity index (χ1) is 12.7. The number of hydrogen-bond donors (Lipinski definition) is 0. The van der Waals surface area contributed by atoms with Crippen LogP contribution in [0.3, 0.4) is 0 Å². The molecule has 2 heterocycles. The van der Waals surface area contributed by atoms with Crippen molar-refractivity contribution in [2.75, 3.05) is 37.0 Å². The zero-order chi connectivity index (χ0) is 18.0. The molecule has 1 fully saturated rings. The van der Waals surface area contributed by atoms with Gasteiger partial charge in [0.15, 0.2) is 5.13 Å². The monoisotopic (exact) mass is 363 g/mol. The third-order valence-electron chi connectivity index (χ3n) is 5.43. The third kappa shape index (κ3) is 3.10. The van der Waals surface area contributed by atoms with Crippen molar-refractivity contribution in [1.82, 2.24) is 4.98 Å². The molecular formula is C22H25N3S. The third-order valence-corrected chi connectivity index (χ3v) is 6.44. The van der Waals surface area contributed by atoms with Crippen LogP contribution in [0, 0.1) is 0 Å². The molecule has 0 radical (unpaired) electrons. The van der Waals surface area contributed by atoms with Crippen molar-refractivity contribution in [3.8, 4) is 0 Å². The molecular weight excluding hydrogens is 338 g/mol. The zero-order valence-corrected chi connectivity index (χ0v) is 16.2. The summed E-state index contributed by atoms with van der Waals surface area (Å²) >= 11 is 1.74. The highest BCUT2D eigenvalue weighted by molar-refractivity contribution is 7.13. The molecule has 0 unspecified atom stereocenters. The first kappa shape index (κ1) is 17.1. The number of anilines is 2. The van der Waals surface area contributed by atoms with Gasteiger partial charge in [-0.05, 0) is 30.5 Å². The molecule has 0 bridgehead atoms. The Morgan fingerprint density at radius 1 is 0.923 bits per heavy atom. The molecule has 0 N–H and O–H groups in total. The van der Waals surface area contributed by atoms with Gasteiger partial charge in [0, 0.05) is 43.7 Å². The summed E-state index contributed by atoms with van der Waals surface area (Å²) in [4.78, 5) is 9.61. The summed E-state index contributed by atoms with van der Waals surface area (Å²) in [6, 6.07) is 21.7. The van der Waals surface area contributed by atoms with Gasteiger partial charge in [0.1, 0.15) is 0 Å². The highest BCUT2D eigenvalue weighted by Gasteiger charge is 2.40. The minimum atomic E-state index is 0.0112. The van der Waals surface area contributed by atoms with Gasteiger partial charge in [0.2, 0.25) is 0 Å². The maximum absolute atomic E-state index is 5.01. The Bertz CT molecular complexity index is 834. The number of hydrogen-bond acceptors (Lipinski definition) is 4. The predicted molar refractivity (Wildman–Crippen MR) is 112 cm³/mol. The minimum Gasteiger partial charge on any atom is -0.371 e. The lowest BCUT2D eigenvalue weighted by molar-refractivity contribution is 0.385. The van der Waals surface area contributed by atoms with E-state index in [2.05, 4.69) is 89.9 Å². The molecule has 1 aromatic heterocycles. The summed E-state index contributed by atoms with van der Waals surface area (Å²) in [7, 11) is 4.13. The fraction of sp³-hybridized carbons (Fsp3) is 0.318. The molecule has 0 spiro atoms. The lowest BCUT2D eigenvalue weighted by Gasteiger charge is -2.42. The van der Waals surface area contributed by atoms with E-state index in [1.165, 1.54) is 16.9 Å². The van der Waals surface area contributed by atoms with E-state index in [0.717, 1.165) is 31.1 Å². The first-order valence-electron chi connectivity index (χ1n) is 9.18. The molecule has 1 saturated heterocycles. The number of rotatable bonds is 4. The molecule has 4 heteroatoms. The summed E-state index contributed by atoms with van der Waals surface area (Å²) in [5.74, 6) is 0. The molecule has 0 amide bonds. The van der Waals surface area contributed by atoms with Crippen LogP contribution < -0.4 is 9.80 Å². The van der Waals surface area contributed by atoms with Crippen LogP contribution in [0.15, 0.2) is 66.0 Å². The first-order valence-corrected chi connectivity index (χ1v) is 10.1. The molecule has 3 aromatic rings. The quantitative estimate of drug-likeness (QED) is 0.664. The molecule has 26 heavy (non-hydrogen) atoms. The van der Waals surface area contributed by atoms with Gasteiger partial charge in [-0.2, -0.15) is 0 Å². The second-order valence-corrected chi connectivity index (χ2v) is 8.02. The Balaban J connectivity index is 1.67. The van der Waals surface area contributed by atoms with Crippen molar-refractivity contribution in [3.05, 3.63) is 77.3 Å². The van der Waals surface area contributed by atoms with Gasteiger partial charge < -0.3 is 9.80 Å². The number of para-hydroxylation sites is 1. The molecule has 1 aliphatic rings. The van der Waals surface area contributed by atoms with Gasteiger partial charge in [0.05, 0.1) is 5.69 Å². The molecule has 0 saturated carbocycles. The van der Waals surface area contributed by atoms with Crippen LogP contribution in [-0.4, -0.2) is 32.2 Å². The van der Waals surface area contributed by atoms with Crippen LogP contribution in [0.2, 0.25) is 0 Å². The van der Waals surface area contributed by atoms with E-state index in [0.29, 0.717) is 0 Å². The standard InChI is InChI=1S/C22H25N3S/c1-24(2)21-23-20(17-26-21)22(18-9-5-3-6-10-18)13-15-25(16-14-22)19-11-7-4-8-12-19/h3-12,17H,13-16H2,1-2H3. The molecule has 134 valence electrons. The topological polar surface area (TPSA) is 19.4 Å². The SMILES string of the molecule is CN(C)c1nc(C2(c3ccccc3)CCN(c3ccccc3)CC2)cs1. The van der Waals surface area contributed by atoms with E-state index in [4.69, 9.17) is 4.98 Å². The average Bonchev–Trinajstić information content (AvgIpc) is 3.21. The van der Waals surface area contributed by atoms with Crippen LogP contribution in [0.5, 0.6) is 0 Å². The summed E-state index contributed by atoms with van der Waals surface area (Å²) in [5.41, 5.74) is 3.95. The number of aromatic nitrogens is 1. The molecule has 0 atom stereocenters. The Kier molecular flexibility index (Phi) is 4.68. The predicted octanol–water partition coefficient (Wildman–Crippen LogP) is 4.80. The Labute approximate surface area is 159 Å². The van der Waals surface area contributed by atoms with Crippen molar-refractivity contribution in [2.45, 2.75) is 18.3 Å². The van der Waals surface area contributed by atoms with E-state index < -0.39 is 0 Å². The maximum Gasteiger partial charge on any atom is 0.185 e. The lowest BCUT2D eigenvalue weighted by atomic mass is 9.70. The average molecular weight is 364 g/mol. The van der Waals surface area contributed by atoms with Gasteiger partial charge in [0.25, 0.3) is 0 Å². The van der Waals surface area contributed by atoms with Crippen molar-refractivity contribution in [3.63, 3.8) is 0 Å². The van der Waals surface area contributed by atoms with Crippen LogP contribution in [0.1, 0.15) is 24.1 Å². The molecule has 4 rings (SSSR count). The second kappa shape index (κ2) is 7.12. The summed E-state index contributed by atoms with van der Waals surface area (Å²) in [6.07, 6.45) is 2.17. The number of thiazole rings is 1. The lowest BCUT2D eigenvalue weighted by Crippen LogP contribution is -2.43. The molecule has 0 aliphatic carbocycles. The number of piperidine rings is 1. The van der Waals surface area contributed by atoms with Crippen molar-refractivity contribution >= 4 is 22.2 Å². The Morgan fingerprint density at radius 2 is 1.54 bits per heavy atom. The molecule has 1 aliphatic heterocycles. The summed E-state index contributed by atoms with van der Waals surface area (Å²) in [6.45, 7) is 2.10. The fourth-order valence-electron chi connectivity index (χ4n) is 3.92. The van der Waals surface area contributed by atoms with Crippen LogP contribution in [0.25, 0.3) is 0 Å². The summed E-state index contributed by atoms with van der Waals surface area (Å²) in [5, 5.41) is 3.35. The normalized spacial score (nSPS) is 16.5. The summed E-state index contributed by atoms with van der Waals surface area (Å²) < 4.78 is 0. The fourth-order valence-corrected chi connectivity index (χ4v) is 4.78. The van der Waals surface area contributed by atoms with Crippen molar-refractivity contribution in [2.24, 2.45) is 0 Å². The van der Waals surface area contributed by atoms with Gasteiger partial charge in [-0.25, -0.2) is 4.98 Å². The number of nitrogens with zero attached hydrogens (tertiary/aromatic N) is 3. The van der Waals surface area contributed by atoms with Gasteiger partial charge in [-0.3, -0.25) is 0 Å². The maximum atomic E-state index is 5.01. The minimum absolute atomic E-state index is 0.0112. The Morgan fingerprint density at radius 3 is 2.12 bits per heavy atom.